The average Bonchev–Trinajstić information content (AvgIpc) is 2.00. The Bertz CT molecular complexity index is 4470. The summed E-state index contributed by atoms with van der Waals surface area (Å²) >= 11 is 5.91. The lowest BCUT2D eigenvalue weighted by Crippen LogP contribution is -2.50. The van der Waals surface area contributed by atoms with E-state index in [1.165, 1.54) is 26.4 Å². The van der Waals surface area contributed by atoms with Gasteiger partial charge >= 0.3 is 12.2 Å². The fourth-order valence-corrected chi connectivity index (χ4v) is 13.4. The molecule has 0 spiro atoms. The van der Waals surface area contributed by atoms with Crippen LogP contribution in [0.25, 0.3) is 43.6 Å². The van der Waals surface area contributed by atoms with Crippen molar-refractivity contribution in [1.29, 1.82) is 0 Å². The zero-order chi connectivity index (χ0) is 63.4. The van der Waals surface area contributed by atoms with Crippen LogP contribution >= 0.6 is 11.6 Å². The zero-order valence-electron chi connectivity index (χ0n) is 50.5. The second-order valence-corrected chi connectivity index (χ2v) is 26.9. The van der Waals surface area contributed by atoms with E-state index in [9.17, 15) is 26.4 Å². The molecule has 3 N–H and O–H groups in total. The first-order valence-corrected chi connectivity index (χ1v) is 31.8. The molecular formula is C64H69ClN12O10S2. The number of pyridine rings is 4. The molecule has 6 aromatic heterocycles. The summed E-state index contributed by atoms with van der Waals surface area (Å²) in [5, 5.41) is 6.42. The zero-order valence-corrected chi connectivity index (χ0v) is 52.9. The standard InChI is InChI=1S/C32H34N6O5S.C16H10ClN3O2S.C16H25N3O3/c1-32(2,3)43-31(39)37-17-15-36(16-18-37)24-10-11-25(27(19-24)42-4)35-29-20-26-23(21-34-29)12-14-38(26)44(40,41)28-9-5-7-22-8-6-13-33-30(22)28;17-15-9-13-12(10-19-15)6-8-20(13)23(21,22)14-5-1-3-11-4-2-7-18-16(11)14;1-16(2,3)22-15(20)19-9-7-18(8-10-19)12-5-6-13(17)14(11-12)21-4/h5-14,19-21H,15-18H2,1-4H3,(H,34,35);1-10H;5-6,11H,7-10,17H2,1-4H3. The number of amides is 2. The predicted molar refractivity (Wildman–Crippen MR) is 347 cm³/mol. The Kier molecular flexibility index (Phi) is 18.1. The molecule has 2 aliphatic heterocycles. The molecule has 0 radical (unpaired) electrons. The van der Waals surface area contributed by atoms with Crippen LogP contribution in [0.5, 0.6) is 11.5 Å². The molecule has 12 rings (SSSR count). The lowest BCUT2D eigenvalue weighted by atomic mass is 10.2. The molecule has 0 atom stereocenters. The van der Waals surface area contributed by atoms with E-state index in [0.717, 1.165) is 35.2 Å². The number of carbonyl (C=O) groups excluding carboxylic acids is 2. The third-order valence-electron chi connectivity index (χ3n) is 14.6. The van der Waals surface area contributed by atoms with E-state index in [1.54, 1.807) is 103 Å². The quantitative estimate of drug-likeness (QED) is 0.0953. The van der Waals surface area contributed by atoms with E-state index in [0.29, 0.717) is 101 Å². The molecule has 0 bridgehead atoms. The van der Waals surface area contributed by atoms with Crippen LogP contribution in [0.3, 0.4) is 0 Å². The summed E-state index contributed by atoms with van der Waals surface area (Å²) in [6.07, 6.45) is 8.83. The minimum absolute atomic E-state index is 0.128. The van der Waals surface area contributed by atoms with E-state index in [2.05, 4.69) is 35.1 Å². The van der Waals surface area contributed by atoms with Gasteiger partial charge in [-0.15, -0.1) is 0 Å². The van der Waals surface area contributed by atoms with Gasteiger partial charge in [0.2, 0.25) is 0 Å². The summed E-state index contributed by atoms with van der Waals surface area (Å²) in [6.45, 7) is 16.4. The summed E-state index contributed by atoms with van der Waals surface area (Å²) in [7, 11) is -4.55. The minimum Gasteiger partial charge on any atom is -0.495 e. The fraction of sp³-hybridized carbons (Fsp3) is 0.281. The number of rotatable bonds is 10. The second kappa shape index (κ2) is 25.7. The van der Waals surface area contributed by atoms with Gasteiger partial charge in [0.1, 0.15) is 43.5 Å². The number of anilines is 5. The number of nitrogens with one attached hydrogen (secondary N) is 1. The van der Waals surface area contributed by atoms with Gasteiger partial charge < -0.3 is 49.6 Å². The highest BCUT2D eigenvalue weighted by Crippen LogP contribution is 2.35. The van der Waals surface area contributed by atoms with Gasteiger partial charge in [0.15, 0.2) is 0 Å². The number of benzene rings is 4. The van der Waals surface area contributed by atoms with Gasteiger partial charge in [-0.3, -0.25) is 9.97 Å². The number of ether oxygens (including phenoxy) is 4. The van der Waals surface area contributed by atoms with Crippen molar-refractivity contribution in [1.82, 2.24) is 37.7 Å². The Morgan fingerprint density at radius 2 is 0.978 bits per heavy atom. The Hall–Kier alpha value is -9.39. The summed E-state index contributed by atoms with van der Waals surface area (Å²) in [4.78, 5) is 49.7. The third kappa shape index (κ3) is 14.1. The molecule has 0 aliphatic carbocycles. The number of fused-ring (bicyclic) bond motifs is 4. The largest absolute Gasteiger partial charge is 0.495 e. The molecule has 2 saturated heterocycles. The number of carbonyl (C=O) groups is 2. The second-order valence-electron chi connectivity index (χ2n) is 22.9. The Morgan fingerprint density at radius 1 is 0.528 bits per heavy atom. The van der Waals surface area contributed by atoms with Crippen LogP contribution in [0.1, 0.15) is 41.5 Å². The highest BCUT2D eigenvalue weighted by atomic mass is 35.5. The van der Waals surface area contributed by atoms with E-state index in [1.807, 2.05) is 102 Å². The molecule has 2 aliphatic rings. The lowest BCUT2D eigenvalue weighted by molar-refractivity contribution is 0.0230. The van der Waals surface area contributed by atoms with Crippen LogP contribution in [0.2, 0.25) is 5.15 Å². The van der Waals surface area contributed by atoms with Crippen LogP contribution in [0.4, 0.5) is 38.2 Å². The van der Waals surface area contributed by atoms with E-state index in [4.69, 9.17) is 36.3 Å². The Labute approximate surface area is 521 Å². The maximum Gasteiger partial charge on any atom is 0.410 e. The topological polar surface area (TPSA) is 252 Å². The van der Waals surface area contributed by atoms with Crippen LogP contribution in [-0.2, 0) is 29.5 Å². The van der Waals surface area contributed by atoms with E-state index in [-0.39, 0.29) is 27.1 Å². The van der Waals surface area contributed by atoms with Gasteiger partial charge in [-0.2, -0.15) is 0 Å². The fourth-order valence-electron chi connectivity index (χ4n) is 10.2. The van der Waals surface area contributed by atoms with Gasteiger partial charge in [-0.1, -0.05) is 48.0 Å². The highest BCUT2D eigenvalue weighted by molar-refractivity contribution is 7.90. The minimum atomic E-state index is -3.95. The number of aromatic nitrogens is 6. The number of hydrogen-bond donors (Lipinski definition) is 2. The van der Waals surface area contributed by atoms with Crippen molar-refractivity contribution in [2.75, 3.05) is 87.4 Å². The first kappa shape index (κ1) is 62.7. The van der Waals surface area contributed by atoms with Crippen LogP contribution < -0.4 is 30.3 Å². The molecule has 22 nitrogen and oxygen atoms in total. The van der Waals surface area contributed by atoms with Crippen molar-refractivity contribution in [3.8, 4) is 11.5 Å². The first-order chi connectivity index (χ1) is 42.4. The molecular weight excluding hydrogens is 1200 g/mol. The number of piperazine rings is 2. The summed E-state index contributed by atoms with van der Waals surface area (Å²) in [5.74, 6) is 1.73. The molecule has 2 amide bonds. The number of halogens is 1. The normalized spacial score (nSPS) is 14.0. The molecule has 89 heavy (non-hydrogen) atoms. The number of nitrogen functional groups attached to an aromatic ring is 1. The molecule has 25 heteroatoms. The van der Waals surface area contributed by atoms with Gasteiger partial charge in [0.25, 0.3) is 20.0 Å². The smallest absolute Gasteiger partial charge is 0.410 e. The van der Waals surface area contributed by atoms with Crippen molar-refractivity contribution < 1.29 is 45.4 Å². The van der Waals surface area contributed by atoms with Crippen LogP contribution in [-0.4, -0.2) is 144 Å². The number of methoxy groups -OCH3 is 2. The first-order valence-electron chi connectivity index (χ1n) is 28.5. The van der Waals surface area contributed by atoms with Gasteiger partial charge in [-0.25, -0.2) is 44.3 Å². The van der Waals surface area contributed by atoms with Gasteiger partial charge in [-0.05, 0) is 102 Å². The predicted octanol–water partition coefficient (Wildman–Crippen LogP) is 11.4. The molecule has 2 fully saturated rings. The summed E-state index contributed by atoms with van der Waals surface area (Å²) in [6, 6.07) is 35.6. The number of nitrogens with two attached hydrogens (primary N) is 1. The molecule has 464 valence electrons. The monoisotopic (exact) mass is 1260 g/mol. The maximum atomic E-state index is 13.8. The van der Waals surface area contributed by atoms with Crippen molar-refractivity contribution in [2.24, 2.45) is 0 Å². The average molecular weight is 1270 g/mol. The van der Waals surface area contributed by atoms with Crippen LogP contribution in [0, 0.1) is 0 Å². The van der Waals surface area contributed by atoms with Crippen molar-refractivity contribution >= 4 is 116 Å². The molecule has 0 saturated carbocycles. The number of para-hydroxylation sites is 2. The lowest BCUT2D eigenvalue weighted by Gasteiger charge is -2.37. The molecule has 0 unspecified atom stereocenters. The van der Waals surface area contributed by atoms with Crippen molar-refractivity contribution in [2.45, 2.75) is 62.5 Å². The summed E-state index contributed by atoms with van der Waals surface area (Å²) < 4.78 is 78.2. The Morgan fingerprint density at radius 3 is 1.46 bits per heavy atom. The number of nitrogens with zero attached hydrogens (tertiary/aromatic N) is 10. The van der Waals surface area contributed by atoms with E-state index < -0.39 is 31.2 Å². The molecule has 8 heterocycles. The summed E-state index contributed by atoms with van der Waals surface area (Å²) in [5.41, 5.74) is 9.98. The third-order valence-corrected chi connectivity index (χ3v) is 18.2. The van der Waals surface area contributed by atoms with Crippen LogP contribution in [0.15, 0.2) is 168 Å². The van der Waals surface area contributed by atoms with Gasteiger partial charge in [0, 0.05) is 147 Å². The molecule has 4 aromatic carbocycles. The van der Waals surface area contributed by atoms with Crippen molar-refractivity contribution in [3.05, 3.63) is 164 Å². The Balaban J connectivity index is 0.000000163. The highest BCUT2D eigenvalue weighted by Gasteiger charge is 2.29. The molecule has 10 aromatic rings. The van der Waals surface area contributed by atoms with Gasteiger partial charge in [0.05, 0.1) is 47.7 Å². The number of hydrogen-bond acceptors (Lipinski definition) is 18. The maximum absolute atomic E-state index is 13.8. The van der Waals surface area contributed by atoms with Crippen molar-refractivity contribution in [3.63, 3.8) is 0 Å². The van der Waals surface area contributed by atoms with E-state index >= 15 is 0 Å². The SMILES string of the molecule is COc1cc(N2CCN(C(=O)OC(C)(C)C)CC2)ccc1N.COc1cc(N2CCN(C(=O)OC(C)(C)C)CC2)ccc1Nc1cc2c(ccn2S(=O)(=O)c2cccc3cccnc23)cn1.O=S(=O)(c1cccc2cccnc12)n1ccc2cnc(Cl)cc21.